The van der Waals surface area contributed by atoms with E-state index in [-0.39, 0.29) is 12.0 Å². The molecule has 0 aliphatic carbocycles. The van der Waals surface area contributed by atoms with Crippen molar-refractivity contribution in [3.05, 3.63) is 65.5 Å². The average molecular weight is 327 g/mol. The quantitative estimate of drug-likeness (QED) is 0.676. The van der Waals surface area contributed by atoms with Gasteiger partial charge >= 0.3 is 0 Å². The second-order valence-electron chi connectivity index (χ2n) is 7.31. The Morgan fingerprint density at radius 3 is 2.38 bits per heavy atom. The van der Waals surface area contributed by atoms with Crippen LogP contribution in [0.15, 0.2) is 48.8 Å². The molecule has 3 nitrogen and oxygen atoms in total. The highest BCUT2D eigenvalue weighted by Crippen LogP contribution is 2.24. The molecule has 1 aromatic heterocycles. The van der Waals surface area contributed by atoms with Crippen molar-refractivity contribution in [1.82, 2.24) is 4.98 Å². The minimum absolute atomic E-state index is 0.0457. The van der Waals surface area contributed by atoms with Crippen molar-refractivity contribution in [3.63, 3.8) is 0 Å². The molecule has 1 heterocycles. The first kappa shape index (κ1) is 18.6. The van der Waals surface area contributed by atoms with E-state index in [0.29, 0.717) is 0 Å². The first-order valence-electron chi connectivity index (χ1n) is 8.79. The van der Waals surface area contributed by atoms with Gasteiger partial charge in [0.15, 0.2) is 0 Å². The van der Waals surface area contributed by atoms with E-state index in [4.69, 9.17) is 0 Å². The maximum absolute atomic E-state index is 10.4. The number of hydrogen-bond acceptors (Lipinski definition) is 3. The van der Waals surface area contributed by atoms with Crippen molar-refractivity contribution >= 4 is 0 Å². The lowest BCUT2D eigenvalue weighted by molar-refractivity contribution is 0.147. The van der Waals surface area contributed by atoms with Gasteiger partial charge < -0.3 is 10.2 Å². The number of pyridine rings is 1. The molecule has 2 N–H and O–H groups in total. The number of rotatable bonds is 9. The van der Waals surface area contributed by atoms with E-state index in [2.05, 4.69) is 31.0 Å². The lowest BCUT2D eigenvalue weighted by atomic mass is 9.88. The van der Waals surface area contributed by atoms with Crippen molar-refractivity contribution < 1.29 is 10.2 Å². The van der Waals surface area contributed by atoms with E-state index >= 15 is 0 Å². The van der Waals surface area contributed by atoms with Crippen LogP contribution in [0.5, 0.6) is 0 Å². The summed E-state index contributed by atoms with van der Waals surface area (Å²) in [6, 6.07) is 11.9. The van der Waals surface area contributed by atoms with Crippen LogP contribution >= 0.6 is 0 Å². The Bertz CT molecular complexity index is 593. The number of aliphatic hydroxyl groups excluding tert-OH is 2. The van der Waals surface area contributed by atoms with Crippen LogP contribution in [-0.2, 0) is 6.42 Å². The first-order chi connectivity index (χ1) is 11.5. The zero-order valence-corrected chi connectivity index (χ0v) is 14.8. The third kappa shape index (κ3) is 5.73. The summed E-state index contributed by atoms with van der Waals surface area (Å²) in [5.41, 5.74) is 3.07. The van der Waals surface area contributed by atoms with E-state index in [1.54, 1.807) is 12.4 Å². The molecule has 1 unspecified atom stereocenters. The SMILES string of the molecule is CC(C)(CO)CCCCCc1ccc(C(O)c2cccnc2)cc1. The molecule has 0 aliphatic rings. The Hall–Kier alpha value is -1.71. The number of aliphatic hydroxyl groups is 2. The summed E-state index contributed by atoms with van der Waals surface area (Å²) in [6.45, 7) is 4.48. The number of nitrogens with zero attached hydrogens (tertiary/aromatic N) is 1. The minimum Gasteiger partial charge on any atom is -0.396 e. The van der Waals surface area contributed by atoms with Crippen molar-refractivity contribution in [2.24, 2.45) is 5.41 Å². The number of aromatic nitrogens is 1. The van der Waals surface area contributed by atoms with E-state index < -0.39 is 6.10 Å². The molecule has 0 saturated heterocycles. The highest BCUT2D eigenvalue weighted by atomic mass is 16.3. The molecule has 2 aromatic rings. The molecule has 1 atom stereocenters. The Labute approximate surface area is 145 Å². The third-order valence-electron chi connectivity index (χ3n) is 4.54. The van der Waals surface area contributed by atoms with Crippen LogP contribution in [0, 0.1) is 5.41 Å². The standard InChI is InChI=1S/C21H29NO2/c1-21(2,16-23)13-5-3-4-7-17-9-11-18(12-10-17)20(24)19-8-6-14-22-15-19/h6,8-12,14-15,20,23-24H,3-5,7,13,16H2,1-2H3. The Morgan fingerprint density at radius 2 is 1.75 bits per heavy atom. The highest BCUT2D eigenvalue weighted by molar-refractivity contribution is 5.30. The molecule has 3 heteroatoms. The largest absolute Gasteiger partial charge is 0.396 e. The predicted molar refractivity (Wildman–Crippen MR) is 97.8 cm³/mol. The lowest BCUT2D eigenvalue weighted by Crippen LogP contribution is -2.16. The van der Waals surface area contributed by atoms with Crippen LogP contribution in [0.3, 0.4) is 0 Å². The third-order valence-corrected chi connectivity index (χ3v) is 4.54. The topological polar surface area (TPSA) is 53.4 Å². The molecule has 24 heavy (non-hydrogen) atoms. The number of unbranched alkanes of at least 4 members (excludes halogenated alkanes) is 2. The molecule has 0 saturated carbocycles. The zero-order chi connectivity index (χ0) is 17.4. The molecular formula is C21H29NO2. The summed E-state index contributed by atoms with van der Waals surface area (Å²) in [5, 5.41) is 19.6. The van der Waals surface area contributed by atoms with Crippen molar-refractivity contribution in [2.75, 3.05) is 6.61 Å². The lowest BCUT2D eigenvalue weighted by Gasteiger charge is -2.21. The van der Waals surface area contributed by atoms with Crippen LogP contribution < -0.4 is 0 Å². The second-order valence-corrected chi connectivity index (χ2v) is 7.31. The summed E-state index contributed by atoms with van der Waals surface area (Å²) in [6.07, 6.45) is 8.42. The molecule has 0 fully saturated rings. The van der Waals surface area contributed by atoms with Crippen LogP contribution in [0.2, 0.25) is 0 Å². The molecule has 0 bridgehead atoms. The van der Waals surface area contributed by atoms with Gasteiger partial charge in [-0.3, -0.25) is 4.98 Å². The molecule has 0 aliphatic heterocycles. The fourth-order valence-corrected chi connectivity index (χ4v) is 2.79. The van der Waals surface area contributed by atoms with E-state index in [1.807, 2.05) is 24.3 Å². The van der Waals surface area contributed by atoms with Crippen LogP contribution in [0.25, 0.3) is 0 Å². The second kappa shape index (κ2) is 8.95. The summed E-state index contributed by atoms with van der Waals surface area (Å²) >= 11 is 0. The van der Waals surface area contributed by atoms with Gasteiger partial charge in [0.2, 0.25) is 0 Å². The van der Waals surface area contributed by atoms with Gasteiger partial charge in [0.1, 0.15) is 6.10 Å². The van der Waals surface area contributed by atoms with Crippen molar-refractivity contribution in [1.29, 1.82) is 0 Å². The number of aryl methyl sites for hydroxylation is 1. The fourth-order valence-electron chi connectivity index (χ4n) is 2.79. The monoisotopic (exact) mass is 327 g/mol. The fraction of sp³-hybridized carbons (Fsp3) is 0.476. The van der Waals surface area contributed by atoms with Gasteiger partial charge in [-0.05, 0) is 41.9 Å². The summed E-state index contributed by atoms with van der Waals surface area (Å²) < 4.78 is 0. The summed E-state index contributed by atoms with van der Waals surface area (Å²) in [4.78, 5) is 4.05. The van der Waals surface area contributed by atoms with Crippen LogP contribution in [0.1, 0.15) is 62.3 Å². The van der Waals surface area contributed by atoms with Gasteiger partial charge in [0.25, 0.3) is 0 Å². The molecule has 1 aromatic carbocycles. The Morgan fingerprint density at radius 1 is 1.00 bits per heavy atom. The summed E-state index contributed by atoms with van der Waals surface area (Å²) in [5.74, 6) is 0. The van der Waals surface area contributed by atoms with E-state index in [1.165, 1.54) is 12.0 Å². The van der Waals surface area contributed by atoms with Crippen LogP contribution in [-0.4, -0.2) is 21.8 Å². The molecule has 0 radical (unpaired) electrons. The van der Waals surface area contributed by atoms with Gasteiger partial charge in [0, 0.05) is 24.6 Å². The van der Waals surface area contributed by atoms with Gasteiger partial charge in [-0.15, -0.1) is 0 Å². The smallest absolute Gasteiger partial charge is 0.106 e. The molecule has 130 valence electrons. The first-order valence-corrected chi connectivity index (χ1v) is 8.79. The van der Waals surface area contributed by atoms with Gasteiger partial charge in [0.05, 0.1) is 0 Å². The number of hydrogen-bond donors (Lipinski definition) is 2. The Kier molecular flexibility index (Phi) is 6.95. The Balaban J connectivity index is 1.78. The summed E-state index contributed by atoms with van der Waals surface area (Å²) in [7, 11) is 0. The van der Waals surface area contributed by atoms with Crippen LogP contribution in [0.4, 0.5) is 0 Å². The molecular weight excluding hydrogens is 298 g/mol. The molecule has 0 spiro atoms. The van der Waals surface area contributed by atoms with Crippen molar-refractivity contribution in [2.45, 2.75) is 52.1 Å². The highest BCUT2D eigenvalue weighted by Gasteiger charge is 2.15. The predicted octanol–water partition coefficient (Wildman–Crippen LogP) is 4.28. The minimum atomic E-state index is -0.617. The molecule has 2 rings (SSSR count). The van der Waals surface area contributed by atoms with Gasteiger partial charge in [-0.2, -0.15) is 0 Å². The number of benzene rings is 1. The maximum Gasteiger partial charge on any atom is 0.106 e. The van der Waals surface area contributed by atoms with E-state index in [9.17, 15) is 10.2 Å². The van der Waals surface area contributed by atoms with Crippen molar-refractivity contribution in [3.8, 4) is 0 Å². The molecule has 0 amide bonds. The maximum atomic E-state index is 10.4. The van der Waals surface area contributed by atoms with E-state index in [0.717, 1.165) is 36.8 Å². The van der Waals surface area contributed by atoms with Gasteiger partial charge in [-0.25, -0.2) is 0 Å². The average Bonchev–Trinajstić information content (AvgIpc) is 2.62. The normalized spacial score (nSPS) is 13.0. The zero-order valence-electron chi connectivity index (χ0n) is 14.8. The van der Waals surface area contributed by atoms with Gasteiger partial charge in [-0.1, -0.05) is 57.0 Å².